The van der Waals surface area contributed by atoms with Crippen LogP contribution in [0.1, 0.15) is 32.0 Å². The van der Waals surface area contributed by atoms with Gasteiger partial charge in [-0.25, -0.2) is 9.78 Å². The second-order valence-electron chi connectivity index (χ2n) is 5.11. The van der Waals surface area contributed by atoms with Crippen molar-refractivity contribution in [3.8, 4) is 0 Å². The zero-order valence-corrected chi connectivity index (χ0v) is 12.2. The van der Waals surface area contributed by atoms with Gasteiger partial charge in [-0.15, -0.1) is 0 Å². The molecule has 19 heavy (non-hydrogen) atoms. The molecule has 106 valence electrons. The number of amides is 2. The maximum absolute atomic E-state index is 12.2. The standard InChI is InChI=1S/C12H20N4O2S/c1-3-12(8-17)5-4-6-16(7-12)11(18)14-10-13-9(2)15-19-10/h17H,3-8H2,1-2H3,(H,13,14,15,18)/t12-/m1/s1. The average molecular weight is 284 g/mol. The topological polar surface area (TPSA) is 78.4 Å². The molecule has 0 bridgehead atoms. The minimum Gasteiger partial charge on any atom is -0.396 e. The van der Waals surface area contributed by atoms with Crippen molar-refractivity contribution in [3.05, 3.63) is 5.82 Å². The predicted molar refractivity (Wildman–Crippen MR) is 74.3 cm³/mol. The summed E-state index contributed by atoms with van der Waals surface area (Å²) in [5.41, 5.74) is -0.146. The van der Waals surface area contributed by atoms with E-state index in [0.29, 0.717) is 17.5 Å². The second-order valence-corrected chi connectivity index (χ2v) is 5.87. The largest absolute Gasteiger partial charge is 0.396 e. The van der Waals surface area contributed by atoms with Crippen LogP contribution in [-0.4, -0.2) is 45.1 Å². The van der Waals surface area contributed by atoms with Gasteiger partial charge in [0.2, 0.25) is 5.13 Å². The van der Waals surface area contributed by atoms with Crippen molar-refractivity contribution < 1.29 is 9.90 Å². The van der Waals surface area contributed by atoms with Crippen LogP contribution >= 0.6 is 11.5 Å². The highest BCUT2D eigenvalue weighted by Gasteiger charge is 2.35. The fourth-order valence-corrected chi connectivity index (χ4v) is 2.99. The van der Waals surface area contributed by atoms with E-state index >= 15 is 0 Å². The Kier molecular flexibility index (Phi) is 4.36. The van der Waals surface area contributed by atoms with Gasteiger partial charge >= 0.3 is 6.03 Å². The van der Waals surface area contributed by atoms with Crippen LogP contribution in [0, 0.1) is 12.3 Å². The molecule has 1 atom stereocenters. The summed E-state index contributed by atoms with van der Waals surface area (Å²) in [6.45, 7) is 5.31. The number of aromatic nitrogens is 2. The number of hydrogen-bond acceptors (Lipinski definition) is 5. The number of anilines is 1. The monoisotopic (exact) mass is 284 g/mol. The molecule has 1 aliphatic heterocycles. The predicted octanol–water partition coefficient (Wildman–Crippen LogP) is 1.86. The van der Waals surface area contributed by atoms with Gasteiger partial charge in [0.15, 0.2) is 0 Å². The number of likely N-dealkylation sites (tertiary alicyclic amines) is 1. The molecule has 0 radical (unpaired) electrons. The molecular weight excluding hydrogens is 264 g/mol. The lowest BCUT2D eigenvalue weighted by Crippen LogP contribution is -2.49. The van der Waals surface area contributed by atoms with Gasteiger partial charge < -0.3 is 10.0 Å². The van der Waals surface area contributed by atoms with Crippen molar-refractivity contribution in [2.75, 3.05) is 25.0 Å². The summed E-state index contributed by atoms with van der Waals surface area (Å²) < 4.78 is 4.03. The van der Waals surface area contributed by atoms with Gasteiger partial charge in [-0.05, 0) is 26.2 Å². The third kappa shape index (κ3) is 3.22. The van der Waals surface area contributed by atoms with Gasteiger partial charge in [0.25, 0.3) is 0 Å². The van der Waals surface area contributed by atoms with E-state index in [4.69, 9.17) is 0 Å². The van der Waals surface area contributed by atoms with Crippen LogP contribution in [0.4, 0.5) is 9.93 Å². The number of aryl methyl sites for hydroxylation is 1. The number of nitrogens with one attached hydrogen (secondary N) is 1. The summed E-state index contributed by atoms with van der Waals surface area (Å²) in [6.07, 6.45) is 2.78. The number of aliphatic hydroxyl groups excluding tert-OH is 1. The van der Waals surface area contributed by atoms with E-state index in [2.05, 4.69) is 21.6 Å². The summed E-state index contributed by atoms with van der Waals surface area (Å²) in [6, 6.07) is -0.151. The summed E-state index contributed by atoms with van der Waals surface area (Å²) in [5, 5.41) is 12.9. The van der Waals surface area contributed by atoms with Gasteiger partial charge in [0, 0.05) is 30.0 Å². The molecule has 0 spiro atoms. The summed E-state index contributed by atoms with van der Waals surface area (Å²) in [4.78, 5) is 18.1. The number of urea groups is 1. The van der Waals surface area contributed by atoms with Gasteiger partial charge in [-0.2, -0.15) is 4.37 Å². The molecule has 2 N–H and O–H groups in total. The van der Waals surface area contributed by atoms with Crippen molar-refractivity contribution in [2.24, 2.45) is 5.41 Å². The first-order chi connectivity index (χ1) is 9.08. The molecule has 0 saturated carbocycles. The van der Waals surface area contributed by atoms with Gasteiger partial charge in [-0.3, -0.25) is 5.32 Å². The zero-order valence-electron chi connectivity index (χ0n) is 11.3. The van der Waals surface area contributed by atoms with Crippen molar-refractivity contribution in [3.63, 3.8) is 0 Å². The van der Waals surface area contributed by atoms with Crippen LogP contribution in [0.25, 0.3) is 0 Å². The van der Waals surface area contributed by atoms with E-state index in [9.17, 15) is 9.90 Å². The molecule has 1 aromatic heterocycles. The van der Waals surface area contributed by atoms with Crippen molar-refractivity contribution >= 4 is 22.7 Å². The molecule has 2 amide bonds. The number of hydrogen-bond donors (Lipinski definition) is 2. The number of aliphatic hydroxyl groups is 1. The van der Waals surface area contributed by atoms with Crippen LogP contribution in [0.5, 0.6) is 0 Å². The first-order valence-corrected chi connectivity index (χ1v) is 7.33. The SMILES string of the molecule is CC[C@@]1(CO)CCCN(C(=O)Nc2nc(C)ns2)C1. The molecule has 0 unspecified atom stereocenters. The Labute approximate surface area is 117 Å². The van der Waals surface area contributed by atoms with E-state index in [1.54, 1.807) is 11.8 Å². The van der Waals surface area contributed by atoms with Crippen LogP contribution in [0.15, 0.2) is 0 Å². The average Bonchev–Trinajstić information content (AvgIpc) is 2.84. The Morgan fingerprint density at radius 3 is 3.00 bits per heavy atom. The molecule has 1 saturated heterocycles. The van der Waals surface area contributed by atoms with Crippen molar-refractivity contribution in [1.82, 2.24) is 14.3 Å². The first-order valence-electron chi connectivity index (χ1n) is 6.56. The Balaban J connectivity index is 1.99. The lowest BCUT2D eigenvalue weighted by molar-refractivity contribution is 0.0468. The zero-order chi connectivity index (χ0) is 13.9. The number of nitrogens with zero attached hydrogens (tertiary/aromatic N) is 3. The van der Waals surface area contributed by atoms with E-state index in [1.165, 1.54) is 11.5 Å². The summed E-state index contributed by atoms with van der Waals surface area (Å²) in [5.74, 6) is 0.664. The van der Waals surface area contributed by atoms with Crippen LogP contribution in [0.2, 0.25) is 0 Å². The highest BCUT2D eigenvalue weighted by Crippen LogP contribution is 2.33. The molecular formula is C12H20N4O2S. The summed E-state index contributed by atoms with van der Waals surface area (Å²) >= 11 is 1.18. The first kappa shape index (κ1) is 14.2. The van der Waals surface area contributed by atoms with Crippen molar-refractivity contribution in [2.45, 2.75) is 33.1 Å². The van der Waals surface area contributed by atoms with Crippen LogP contribution in [0.3, 0.4) is 0 Å². The lowest BCUT2D eigenvalue weighted by atomic mass is 9.78. The van der Waals surface area contributed by atoms with Gasteiger partial charge in [0.05, 0.1) is 6.61 Å². The third-order valence-corrected chi connectivity index (χ3v) is 4.50. The van der Waals surface area contributed by atoms with E-state index < -0.39 is 0 Å². The lowest BCUT2D eigenvalue weighted by Gasteiger charge is -2.41. The Hall–Kier alpha value is -1.21. The van der Waals surface area contributed by atoms with E-state index in [0.717, 1.165) is 25.8 Å². The van der Waals surface area contributed by atoms with Crippen LogP contribution in [-0.2, 0) is 0 Å². The molecule has 2 rings (SSSR count). The molecule has 1 fully saturated rings. The van der Waals surface area contributed by atoms with E-state index in [1.807, 2.05) is 0 Å². The van der Waals surface area contributed by atoms with Gasteiger partial charge in [-0.1, -0.05) is 6.92 Å². The Morgan fingerprint density at radius 1 is 1.63 bits per heavy atom. The minimum atomic E-state index is -0.151. The highest BCUT2D eigenvalue weighted by molar-refractivity contribution is 7.09. The quantitative estimate of drug-likeness (QED) is 0.888. The molecule has 1 aromatic rings. The highest BCUT2D eigenvalue weighted by atomic mass is 32.1. The smallest absolute Gasteiger partial charge is 0.323 e. The Bertz CT molecular complexity index is 445. The van der Waals surface area contributed by atoms with Gasteiger partial charge in [0.1, 0.15) is 5.82 Å². The van der Waals surface area contributed by atoms with Crippen molar-refractivity contribution in [1.29, 1.82) is 0 Å². The second kappa shape index (κ2) is 5.83. The maximum atomic E-state index is 12.2. The van der Waals surface area contributed by atoms with Crippen LogP contribution < -0.4 is 5.32 Å². The van der Waals surface area contributed by atoms with E-state index in [-0.39, 0.29) is 18.1 Å². The Morgan fingerprint density at radius 2 is 2.42 bits per heavy atom. The minimum absolute atomic E-state index is 0.130. The molecule has 1 aliphatic rings. The fraction of sp³-hybridized carbons (Fsp3) is 0.750. The summed E-state index contributed by atoms with van der Waals surface area (Å²) in [7, 11) is 0. The fourth-order valence-electron chi connectivity index (χ4n) is 2.43. The number of carbonyl (C=O) groups is 1. The molecule has 7 heteroatoms. The number of carbonyl (C=O) groups excluding carboxylic acids is 1. The number of piperidine rings is 1. The molecule has 0 aromatic carbocycles. The third-order valence-electron chi connectivity index (χ3n) is 3.78. The molecule has 2 heterocycles. The molecule has 0 aliphatic carbocycles. The maximum Gasteiger partial charge on any atom is 0.323 e. The normalized spacial score (nSPS) is 23.4. The number of rotatable bonds is 3. The molecule has 6 nitrogen and oxygen atoms in total.